The molecule has 2 N–H and O–H groups in total. The number of rotatable bonds is 5. The monoisotopic (exact) mass is 413 g/mol. The van der Waals surface area contributed by atoms with Gasteiger partial charge in [-0.1, -0.05) is 22.0 Å². The summed E-state index contributed by atoms with van der Waals surface area (Å²) in [4.78, 5) is 11.1. The molecule has 6 nitrogen and oxygen atoms in total. The highest BCUT2D eigenvalue weighted by Crippen LogP contribution is 2.31. The van der Waals surface area contributed by atoms with Gasteiger partial charge in [-0.2, -0.15) is 0 Å². The number of carbonyl (C=O) groups is 1. The van der Waals surface area contributed by atoms with Crippen molar-refractivity contribution < 1.29 is 23.1 Å². The van der Waals surface area contributed by atoms with E-state index in [1.165, 1.54) is 25.3 Å². The van der Waals surface area contributed by atoms with Crippen LogP contribution in [0.4, 0.5) is 5.69 Å². The Balaban J connectivity index is 2.48. The minimum absolute atomic E-state index is 0.0345. The molecule has 0 bridgehead atoms. The van der Waals surface area contributed by atoms with Gasteiger partial charge in [-0.15, -0.1) is 0 Å². The number of nitrogens with one attached hydrogen (secondary N) is 1. The Morgan fingerprint density at radius 2 is 1.83 bits per heavy atom. The quantitative estimate of drug-likeness (QED) is 0.781. The average Bonchev–Trinajstić information content (AvgIpc) is 2.50. The van der Waals surface area contributed by atoms with Crippen LogP contribution in [0.15, 0.2) is 39.7 Å². The van der Waals surface area contributed by atoms with Gasteiger partial charge in [0.2, 0.25) is 0 Å². The normalized spacial score (nSPS) is 11.2. The molecule has 0 aliphatic rings. The zero-order valence-corrected chi connectivity index (χ0v) is 15.7. The van der Waals surface area contributed by atoms with Gasteiger partial charge in [0.15, 0.2) is 0 Å². The maximum Gasteiger partial charge on any atom is 0.336 e. The molecule has 24 heavy (non-hydrogen) atoms. The topological polar surface area (TPSA) is 92.7 Å². The molecule has 0 heterocycles. The first kappa shape index (κ1) is 18.3. The molecule has 2 rings (SSSR count). The molecule has 0 radical (unpaired) electrons. The number of sulfonamides is 1. The van der Waals surface area contributed by atoms with Crippen LogP contribution in [0.1, 0.15) is 21.5 Å². The molecule has 0 aromatic heterocycles. The van der Waals surface area contributed by atoms with Crippen molar-refractivity contribution in [1.29, 1.82) is 0 Å². The summed E-state index contributed by atoms with van der Waals surface area (Å²) in [5, 5.41) is 9.15. The van der Waals surface area contributed by atoms with E-state index in [-0.39, 0.29) is 21.9 Å². The van der Waals surface area contributed by atoms with Gasteiger partial charge in [-0.25, -0.2) is 13.2 Å². The van der Waals surface area contributed by atoms with E-state index in [2.05, 4.69) is 20.7 Å². The molecule has 0 spiro atoms. The smallest absolute Gasteiger partial charge is 0.336 e. The number of hydrogen-bond donors (Lipinski definition) is 2. The van der Waals surface area contributed by atoms with E-state index in [0.29, 0.717) is 10.0 Å². The van der Waals surface area contributed by atoms with E-state index in [1.54, 1.807) is 19.1 Å². The fourth-order valence-electron chi connectivity index (χ4n) is 2.13. The first-order valence-electron chi connectivity index (χ1n) is 6.86. The standard InChI is InChI=1S/C16H16BrNO5S/c1-9-4-5-11(7-12(9)16(19)20)18-24(21,22)15-8-13(17)10(2)6-14(15)23-3/h4-8,18H,1-3H3,(H,19,20). The molecule has 0 saturated carbocycles. The van der Waals surface area contributed by atoms with Crippen LogP contribution in [0.25, 0.3) is 0 Å². The maximum absolute atomic E-state index is 12.7. The molecule has 0 amide bonds. The number of aromatic carboxylic acids is 1. The van der Waals surface area contributed by atoms with Crippen LogP contribution in [0.2, 0.25) is 0 Å². The van der Waals surface area contributed by atoms with E-state index in [9.17, 15) is 13.2 Å². The van der Waals surface area contributed by atoms with Crippen molar-refractivity contribution in [2.24, 2.45) is 0 Å². The van der Waals surface area contributed by atoms with Crippen molar-refractivity contribution in [3.05, 3.63) is 51.5 Å². The van der Waals surface area contributed by atoms with Gasteiger partial charge in [0, 0.05) is 10.2 Å². The summed E-state index contributed by atoms with van der Waals surface area (Å²) in [5.74, 6) is -0.919. The van der Waals surface area contributed by atoms with Crippen LogP contribution < -0.4 is 9.46 Å². The Kier molecular flexibility index (Phi) is 5.19. The third kappa shape index (κ3) is 3.70. The van der Waals surface area contributed by atoms with Crippen LogP contribution in [0, 0.1) is 13.8 Å². The summed E-state index contributed by atoms with van der Waals surface area (Å²) in [6.07, 6.45) is 0. The summed E-state index contributed by atoms with van der Waals surface area (Å²) in [6, 6.07) is 7.39. The average molecular weight is 414 g/mol. The molecule has 128 valence electrons. The second-order valence-electron chi connectivity index (χ2n) is 5.19. The Bertz CT molecular complexity index is 909. The summed E-state index contributed by atoms with van der Waals surface area (Å²) >= 11 is 3.30. The lowest BCUT2D eigenvalue weighted by Gasteiger charge is -2.14. The second-order valence-corrected chi connectivity index (χ2v) is 7.70. The number of anilines is 1. The number of aryl methyl sites for hydroxylation is 2. The molecule has 0 atom stereocenters. The molecule has 8 heteroatoms. The summed E-state index contributed by atoms with van der Waals surface area (Å²) in [5.41, 5.74) is 1.57. The minimum atomic E-state index is -3.95. The highest BCUT2D eigenvalue weighted by Gasteiger charge is 2.22. The first-order chi connectivity index (χ1) is 11.2. The van der Waals surface area contributed by atoms with E-state index >= 15 is 0 Å². The minimum Gasteiger partial charge on any atom is -0.495 e. The summed E-state index contributed by atoms with van der Waals surface area (Å²) in [7, 11) is -2.56. The lowest BCUT2D eigenvalue weighted by molar-refractivity contribution is 0.0696. The van der Waals surface area contributed by atoms with E-state index in [4.69, 9.17) is 9.84 Å². The van der Waals surface area contributed by atoms with Crippen molar-refractivity contribution >= 4 is 37.6 Å². The number of methoxy groups -OCH3 is 1. The molecular weight excluding hydrogens is 398 g/mol. The molecule has 0 aliphatic carbocycles. The Morgan fingerprint density at radius 3 is 2.42 bits per heavy atom. The second kappa shape index (κ2) is 6.82. The highest BCUT2D eigenvalue weighted by molar-refractivity contribution is 9.10. The molecule has 0 unspecified atom stereocenters. The molecule has 2 aromatic carbocycles. The number of carboxylic acid groups (broad SMARTS) is 1. The predicted molar refractivity (Wildman–Crippen MR) is 94.4 cm³/mol. The Morgan fingerprint density at radius 1 is 1.17 bits per heavy atom. The van der Waals surface area contributed by atoms with Crippen LogP contribution in [0.5, 0.6) is 5.75 Å². The SMILES string of the molecule is COc1cc(C)c(Br)cc1S(=O)(=O)Nc1ccc(C)c(C(=O)O)c1. The Hall–Kier alpha value is -2.06. The largest absolute Gasteiger partial charge is 0.495 e. The van der Waals surface area contributed by atoms with Crippen molar-refractivity contribution in [1.82, 2.24) is 0 Å². The van der Waals surface area contributed by atoms with E-state index in [0.717, 1.165) is 5.56 Å². The van der Waals surface area contributed by atoms with E-state index in [1.807, 2.05) is 6.92 Å². The van der Waals surface area contributed by atoms with Gasteiger partial charge in [-0.05, 0) is 49.2 Å². The van der Waals surface area contributed by atoms with E-state index < -0.39 is 16.0 Å². The summed E-state index contributed by atoms with van der Waals surface area (Å²) < 4.78 is 33.5. The van der Waals surface area contributed by atoms with Gasteiger partial charge >= 0.3 is 5.97 Å². The third-order valence-electron chi connectivity index (χ3n) is 3.45. The molecule has 0 fully saturated rings. The van der Waals surface area contributed by atoms with Crippen molar-refractivity contribution in [3.63, 3.8) is 0 Å². The third-order valence-corrected chi connectivity index (χ3v) is 5.71. The Labute approximate surface area is 148 Å². The zero-order valence-electron chi connectivity index (χ0n) is 13.3. The van der Waals surface area contributed by atoms with Crippen molar-refractivity contribution in [3.8, 4) is 5.75 Å². The number of carboxylic acids is 1. The van der Waals surface area contributed by atoms with Gasteiger partial charge < -0.3 is 9.84 Å². The van der Waals surface area contributed by atoms with Gasteiger partial charge in [0.05, 0.1) is 12.7 Å². The zero-order chi connectivity index (χ0) is 18.1. The first-order valence-corrected chi connectivity index (χ1v) is 9.14. The van der Waals surface area contributed by atoms with Crippen LogP contribution in [-0.2, 0) is 10.0 Å². The number of ether oxygens (including phenoxy) is 1. The fraction of sp³-hybridized carbons (Fsp3) is 0.188. The maximum atomic E-state index is 12.7. The van der Waals surface area contributed by atoms with Crippen molar-refractivity contribution in [2.45, 2.75) is 18.7 Å². The van der Waals surface area contributed by atoms with Gasteiger partial charge in [-0.3, -0.25) is 4.72 Å². The van der Waals surface area contributed by atoms with Crippen LogP contribution in [-0.4, -0.2) is 26.6 Å². The highest BCUT2D eigenvalue weighted by atomic mass is 79.9. The lowest BCUT2D eigenvalue weighted by Crippen LogP contribution is -2.15. The molecule has 2 aromatic rings. The molecular formula is C16H16BrNO5S. The number of benzene rings is 2. The molecule has 0 aliphatic heterocycles. The predicted octanol–water partition coefficient (Wildman–Crippen LogP) is 3.57. The van der Waals surface area contributed by atoms with Gasteiger partial charge in [0.1, 0.15) is 10.6 Å². The van der Waals surface area contributed by atoms with Crippen LogP contribution in [0.3, 0.4) is 0 Å². The molecule has 0 saturated heterocycles. The number of halogens is 1. The van der Waals surface area contributed by atoms with Crippen LogP contribution >= 0.6 is 15.9 Å². The number of hydrogen-bond acceptors (Lipinski definition) is 4. The fourth-order valence-corrected chi connectivity index (χ4v) is 3.85. The summed E-state index contributed by atoms with van der Waals surface area (Å²) in [6.45, 7) is 3.46. The van der Waals surface area contributed by atoms with Crippen molar-refractivity contribution in [2.75, 3.05) is 11.8 Å². The van der Waals surface area contributed by atoms with Gasteiger partial charge in [0.25, 0.3) is 10.0 Å². The lowest BCUT2D eigenvalue weighted by atomic mass is 10.1.